The summed E-state index contributed by atoms with van der Waals surface area (Å²) in [4.78, 5) is 10.7. The molecule has 0 amide bonds. The molecule has 3 N–H and O–H groups in total. The maximum atomic E-state index is 10.7. The molecule has 1 aromatic carbocycles. The quantitative estimate of drug-likeness (QED) is 0.704. The van der Waals surface area contributed by atoms with Crippen LogP contribution in [0.5, 0.6) is 0 Å². The zero-order valence-corrected chi connectivity index (χ0v) is 7.86. The van der Waals surface area contributed by atoms with E-state index in [0.717, 1.165) is 0 Å². The average molecular weight is 191 g/mol. The second kappa shape index (κ2) is 3.33. The molecule has 1 aromatic rings. The molecule has 0 unspecified atom stereocenters. The molecule has 1 saturated carbocycles. The number of hydrogen-bond donors (Lipinski definition) is 2. The van der Waals surface area contributed by atoms with E-state index >= 15 is 0 Å². The highest BCUT2D eigenvalue weighted by atomic mass is 16.4. The van der Waals surface area contributed by atoms with Crippen molar-refractivity contribution in [2.45, 2.75) is 25.2 Å². The highest BCUT2D eigenvalue weighted by molar-refractivity contribution is 5.93. The molecule has 1 aliphatic rings. The molecule has 2 rings (SSSR count). The van der Waals surface area contributed by atoms with Gasteiger partial charge in [0.1, 0.15) is 0 Å². The van der Waals surface area contributed by atoms with Crippen LogP contribution in [0.2, 0.25) is 0 Å². The first-order valence-corrected chi connectivity index (χ1v) is 4.81. The lowest BCUT2D eigenvalue weighted by molar-refractivity contribution is 0.0698. The van der Waals surface area contributed by atoms with Gasteiger partial charge in [-0.2, -0.15) is 0 Å². The molecule has 0 saturated heterocycles. The Morgan fingerprint density at radius 3 is 2.57 bits per heavy atom. The van der Waals surface area contributed by atoms with Gasteiger partial charge >= 0.3 is 5.97 Å². The van der Waals surface area contributed by atoms with Crippen LogP contribution >= 0.6 is 0 Å². The molecule has 0 atom stereocenters. The van der Waals surface area contributed by atoms with E-state index in [1.165, 1.54) is 24.8 Å². The van der Waals surface area contributed by atoms with Crippen molar-refractivity contribution in [1.29, 1.82) is 0 Å². The lowest BCUT2D eigenvalue weighted by atomic mass is 9.80. The summed E-state index contributed by atoms with van der Waals surface area (Å²) in [5, 5.41) is 8.79. The molecule has 1 aliphatic carbocycles. The molecule has 0 aromatic heterocycles. The van der Waals surface area contributed by atoms with Gasteiger partial charge in [0.2, 0.25) is 0 Å². The molecule has 14 heavy (non-hydrogen) atoms. The van der Waals surface area contributed by atoms with E-state index in [0.29, 0.717) is 11.6 Å². The molecule has 0 heterocycles. The third-order valence-corrected chi connectivity index (χ3v) is 2.88. The van der Waals surface area contributed by atoms with E-state index in [2.05, 4.69) is 0 Å². The van der Waals surface area contributed by atoms with Gasteiger partial charge in [-0.1, -0.05) is 12.5 Å². The highest BCUT2D eigenvalue weighted by Crippen LogP contribution is 2.37. The van der Waals surface area contributed by atoms with E-state index in [1.54, 1.807) is 12.1 Å². The smallest absolute Gasteiger partial charge is 0.337 e. The topological polar surface area (TPSA) is 63.3 Å². The summed E-state index contributed by atoms with van der Waals surface area (Å²) in [6.07, 6.45) is 3.67. The van der Waals surface area contributed by atoms with Gasteiger partial charge in [0, 0.05) is 5.69 Å². The van der Waals surface area contributed by atoms with E-state index < -0.39 is 5.97 Å². The third kappa shape index (κ3) is 1.45. The molecule has 0 radical (unpaired) electrons. The Bertz CT molecular complexity index is 370. The second-order valence-corrected chi connectivity index (χ2v) is 3.78. The van der Waals surface area contributed by atoms with Gasteiger partial charge in [0.25, 0.3) is 0 Å². The Morgan fingerprint density at radius 1 is 1.43 bits per heavy atom. The molecule has 0 aliphatic heterocycles. The van der Waals surface area contributed by atoms with Gasteiger partial charge in [-0.3, -0.25) is 0 Å². The fraction of sp³-hybridized carbons (Fsp3) is 0.364. The Balaban J connectivity index is 2.30. The van der Waals surface area contributed by atoms with Gasteiger partial charge in [-0.25, -0.2) is 4.79 Å². The standard InChI is InChI=1S/C11H13NO2/c12-10-6-8(7-2-1-3-7)4-5-9(10)11(13)14/h4-7H,1-3,12H2,(H,13,14). The maximum Gasteiger partial charge on any atom is 0.337 e. The minimum atomic E-state index is -0.956. The van der Waals surface area contributed by atoms with Crippen LogP contribution < -0.4 is 5.73 Å². The van der Waals surface area contributed by atoms with Gasteiger partial charge in [-0.15, -0.1) is 0 Å². The molecule has 74 valence electrons. The van der Waals surface area contributed by atoms with Crippen LogP contribution in [0, 0.1) is 0 Å². The summed E-state index contributed by atoms with van der Waals surface area (Å²) in [5.74, 6) is -0.359. The largest absolute Gasteiger partial charge is 0.478 e. The van der Waals surface area contributed by atoms with Crippen molar-refractivity contribution in [2.75, 3.05) is 5.73 Å². The van der Waals surface area contributed by atoms with Crippen LogP contribution in [-0.2, 0) is 0 Å². The van der Waals surface area contributed by atoms with Gasteiger partial charge in [0.05, 0.1) is 5.56 Å². The first-order chi connectivity index (χ1) is 6.68. The average Bonchev–Trinajstić information content (AvgIpc) is 2.00. The molecule has 0 spiro atoms. The van der Waals surface area contributed by atoms with Crippen LogP contribution in [0.4, 0.5) is 5.69 Å². The van der Waals surface area contributed by atoms with E-state index in [-0.39, 0.29) is 5.56 Å². The minimum Gasteiger partial charge on any atom is -0.478 e. The number of hydrogen-bond acceptors (Lipinski definition) is 2. The summed E-state index contributed by atoms with van der Waals surface area (Å²) in [5.41, 5.74) is 7.42. The van der Waals surface area contributed by atoms with Crippen molar-refractivity contribution in [3.63, 3.8) is 0 Å². The van der Waals surface area contributed by atoms with Gasteiger partial charge < -0.3 is 10.8 Å². The second-order valence-electron chi connectivity index (χ2n) is 3.78. The van der Waals surface area contributed by atoms with Crippen molar-refractivity contribution in [3.05, 3.63) is 29.3 Å². The molecular weight excluding hydrogens is 178 g/mol. The number of anilines is 1. The molecule has 3 heteroatoms. The predicted molar refractivity (Wildman–Crippen MR) is 54.4 cm³/mol. The van der Waals surface area contributed by atoms with E-state index in [1.807, 2.05) is 6.07 Å². The molecule has 1 fully saturated rings. The maximum absolute atomic E-state index is 10.7. The first-order valence-electron chi connectivity index (χ1n) is 4.81. The van der Waals surface area contributed by atoms with Crippen molar-refractivity contribution in [1.82, 2.24) is 0 Å². The molecule has 0 bridgehead atoms. The van der Waals surface area contributed by atoms with Crippen molar-refractivity contribution >= 4 is 11.7 Å². The number of nitrogen functional groups attached to an aromatic ring is 1. The van der Waals surface area contributed by atoms with Crippen LogP contribution in [0.3, 0.4) is 0 Å². The zero-order chi connectivity index (χ0) is 10.1. The highest BCUT2D eigenvalue weighted by Gasteiger charge is 2.20. The number of benzene rings is 1. The van der Waals surface area contributed by atoms with Gasteiger partial charge in [-0.05, 0) is 36.5 Å². The Hall–Kier alpha value is -1.51. The summed E-state index contributed by atoms with van der Waals surface area (Å²) in [7, 11) is 0. The number of carboxylic acid groups (broad SMARTS) is 1. The van der Waals surface area contributed by atoms with Crippen LogP contribution in [-0.4, -0.2) is 11.1 Å². The predicted octanol–water partition coefficient (Wildman–Crippen LogP) is 2.23. The van der Waals surface area contributed by atoms with Crippen molar-refractivity contribution in [3.8, 4) is 0 Å². The van der Waals surface area contributed by atoms with E-state index in [9.17, 15) is 4.79 Å². The Labute approximate surface area is 82.5 Å². The Morgan fingerprint density at radius 2 is 2.14 bits per heavy atom. The molecular formula is C11H13NO2. The monoisotopic (exact) mass is 191 g/mol. The number of rotatable bonds is 2. The lowest BCUT2D eigenvalue weighted by Crippen LogP contribution is -2.10. The third-order valence-electron chi connectivity index (χ3n) is 2.88. The van der Waals surface area contributed by atoms with Crippen LogP contribution in [0.25, 0.3) is 0 Å². The van der Waals surface area contributed by atoms with Gasteiger partial charge in [0.15, 0.2) is 0 Å². The summed E-state index contributed by atoms with van der Waals surface area (Å²) >= 11 is 0. The van der Waals surface area contributed by atoms with E-state index in [4.69, 9.17) is 10.8 Å². The zero-order valence-electron chi connectivity index (χ0n) is 7.86. The number of nitrogens with two attached hydrogens (primary N) is 1. The fourth-order valence-corrected chi connectivity index (χ4v) is 1.77. The summed E-state index contributed by atoms with van der Waals surface area (Å²) in [6, 6.07) is 5.28. The van der Waals surface area contributed by atoms with Crippen molar-refractivity contribution in [2.24, 2.45) is 0 Å². The Kier molecular flexibility index (Phi) is 2.15. The number of carbonyl (C=O) groups is 1. The number of aromatic carboxylic acids is 1. The molecule has 3 nitrogen and oxygen atoms in total. The fourth-order valence-electron chi connectivity index (χ4n) is 1.77. The van der Waals surface area contributed by atoms with Crippen LogP contribution in [0.15, 0.2) is 18.2 Å². The number of carboxylic acids is 1. The minimum absolute atomic E-state index is 0.202. The lowest BCUT2D eigenvalue weighted by Gasteiger charge is -2.26. The SMILES string of the molecule is Nc1cc(C2CCC2)ccc1C(=O)O. The normalized spacial score (nSPS) is 16.3. The van der Waals surface area contributed by atoms with Crippen molar-refractivity contribution < 1.29 is 9.90 Å². The summed E-state index contributed by atoms with van der Waals surface area (Å²) in [6.45, 7) is 0. The first kappa shape index (κ1) is 9.06. The van der Waals surface area contributed by atoms with Crippen LogP contribution in [0.1, 0.15) is 41.1 Å². The summed E-state index contributed by atoms with van der Waals surface area (Å²) < 4.78 is 0.